The second kappa shape index (κ2) is 6.20. The van der Waals surface area contributed by atoms with E-state index in [1.165, 1.54) is 0 Å². The number of carbonyl (C=O) groups is 1. The molecule has 1 heterocycles. The molecule has 0 fully saturated rings. The smallest absolute Gasteiger partial charge is 0.224 e. The van der Waals surface area contributed by atoms with Gasteiger partial charge in [-0.25, -0.2) is 0 Å². The predicted molar refractivity (Wildman–Crippen MR) is 77.0 cm³/mol. The Bertz CT molecular complexity index is 456. The van der Waals surface area contributed by atoms with E-state index in [2.05, 4.69) is 25.2 Å². The van der Waals surface area contributed by atoms with Gasteiger partial charge in [0.15, 0.2) is 0 Å². The van der Waals surface area contributed by atoms with Crippen molar-refractivity contribution in [1.29, 1.82) is 0 Å². The van der Waals surface area contributed by atoms with Crippen LogP contribution in [-0.2, 0) is 11.2 Å². The van der Waals surface area contributed by atoms with E-state index < -0.39 is 6.10 Å². The molecule has 1 aliphatic heterocycles. The van der Waals surface area contributed by atoms with Crippen molar-refractivity contribution in [2.75, 3.05) is 5.32 Å². The van der Waals surface area contributed by atoms with Gasteiger partial charge in [0.25, 0.3) is 0 Å². The lowest BCUT2D eigenvalue weighted by molar-refractivity contribution is -0.116. The summed E-state index contributed by atoms with van der Waals surface area (Å²) in [6, 6.07) is 5.91. The first kappa shape index (κ1) is 14.1. The Kier molecular flexibility index (Phi) is 4.59. The largest absolute Gasteiger partial charge is 0.388 e. The average Bonchev–Trinajstić information content (AvgIpc) is 2.58. The van der Waals surface area contributed by atoms with Crippen LogP contribution in [0.25, 0.3) is 0 Å². The van der Waals surface area contributed by atoms with Crippen LogP contribution in [0.3, 0.4) is 0 Å². The molecule has 0 aromatic heterocycles. The summed E-state index contributed by atoms with van der Waals surface area (Å²) in [7, 11) is 0. The number of carbonyl (C=O) groups excluding carboxylic acids is 1. The molecule has 0 bridgehead atoms. The third kappa shape index (κ3) is 3.35. The summed E-state index contributed by atoms with van der Waals surface area (Å²) in [6.45, 7) is 4.22. The number of anilines is 1. The Hall–Kier alpha value is -1.35. The quantitative estimate of drug-likeness (QED) is 0.872. The summed E-state index contributed by atoms with van der Waals surface area (Å²) < 4.78 is 0. The molecule has 3 heteroatoms. The van der Waals surface area contributed by atoms with Gasteiger partial charge in [-0.1, -0.05) is 32.4 Å². The molecule has 3 nitrogen and oxygen atoms in total. The summed E-state index contributed by atoms with van der Waals surface area (Å²) >= 11 is 0. The number of amides is 1. The molecule has 0 radical (unpaired) electrons. The highest BCUT2D eigenvalue weighted by Crippen LogP contribution is 2.30. The standard InChI is InChI=1S/C16H23NO2/c1-3-5-11(2)16(19)13-8-9-14-12(10-13)6-4-7-15(18)17-14/h8-11,16,19H,3-7H2,1-2H3,(H,17,18). The van der Waals surface area contributed by atoms with Crippen molar-refractivity contribution in [3.05, 3.63) is 29.3 Å². The van der Waals surface area contributed by atoms with Crippen molar-refractivity contribution in [3.8, 4) is 0 Å². The van der Waals surface area contributed by atoms with Crippen molar-refractivity contribution in [2.45, 2.75) is 52.1 Å². The van der Waals surface area contributed by atoms with Crippen LogP contribution in [0, 0.1) is 5.92 Å². The van der Waals surface area contributed by atoms with Crippen LogP contribution < -0.4 is 5.32 Å². The monoisotopic (exact) mass is 261 g/mol. The zero-order valence-electron chi connectivity index (χ0n) is 11.8. The Balaban J connectivity index is 2.20. The number of benzene rings is 1. The number of hydrogen-bond acceptors (Lipinski definition) is 2. The maximum atomic E-state index is 11.5. The SMILES string of the molecule is CCCC(C)C(O)c1ccc2c(c1)CCCC(=O)N2. The summed E-state index contributed by atoms with van der Waals surface area (Å²) in [5.74, 6) is 0.356. The van der Waals surface area contributed by atoms with E-state index in [1.807, 2.05) is 12.1 Å². The maximum absolute atomic E-state index is 11.5. The summed E-state index contributed by atoms with van der Waals surface area (Å²) in [5.41, 5.74) is 3.02. The number of fused-ring (bicyclic) bond motifs is 1. The molecule has 0 saturated heterocycles. The highest BCUT2D eigenvalue weighted by Gasteiger charge is 2.18. The number of hydrogen-bond donors (Lipinski definition) is 2. The van der Waals surface area contributed by atoms with Crippen molar-refractivity contribution < 1.29 is 9.90 Å². The first-order valence-corrected chi connectivity index (χ1v) is 7.22. The normalized spacial score (nSPS) is 18.2. The van der Waals surface area contributed by atoms with E-state index in [1.54, 1.807) is 0 Å². The molecule has 1 aromatic carbocycles. The summed E-state index contributed by atoms with van der Waals surface area (Å²) in [5, 5.41) is 13.3. The summed E-state index contributed by atoms with van der Waals surface area (Å²) in [4.78, 5) is 11.5. The second-order valence-electron chi connectivity index (χ2n) is 5.53. The van der Waals surface area contributed by atoms with E-state index in [-0.39, 0.29) is 11.8 Å². The third-order valence-corrected chi connectivity index (χ3v) is 3.88. The number of aliphatic hydroxyl groups is 1. The molecular weight excluding hydrogens is 238 g/mol. The zero-order valence-corrected chi connectivity index (χ0v) is 11.8. The topological polar surface area (TPSA) is 49.3 Å². The molecule has 2 atom stereocenters. The van der Waals surface area contributed by atoms with Gasteiger partial charge < -0.3 is 10.4 Å². The van der Waals surface area contributed by atoms with Gasteiger partial charge >= 0.3 is 0 Å². The molecular formula is C16H23NO2. The molecule has 19 heavy (non-hydrogen) atoms. The number of aliphatic hydroxyl groups excluding tert-OH is 1. The van der Waals surface area contributed by atoms with Crippen LogP contribution in [0.4, 0.5) is 5.69 Å². The number of rotatable bonds is 4. The van der Waals surface area contributed by atoms with E-state index in [0.29, 0.717) is 6.42 Å². The van der Waals surface area contributed by atoms with Crippen LogP contribution in [0.1, 0.15) is 56.8 Å². The lowest BCUT2D eigenvalue weighted by atomic mass is 9.92. The maximum Gasteiger partial charge on any atom is 0.224 e. The van der Waals surface area contributed by atoms with E-state index in [0.717, 1.165) is 42.5 Å². The Morgan fingerprint density at radius 3 is 2.89 bits per heavy atom. The van der Waals surface area contributed by atoms with Gasteiger partial charge in [0.1, 0.15) is 0 Å². The fourth-order valence-corrected chi connectivity index (χ4v) is 2.72. The van der Waals surface area contributed by atoms with E-state index >= 15 is 0 Å². The van der Waals surface area contributed by atoms with Crippen molar-refractivity contribution in [1.82, 2.24) is 0 Å². The number of nitrogens with one attached hydrogen (secondary N) is 1. The Morgan fingerprint density at radius 1 is 1.37 bits per heavy atom. The fraction of sp³-hybridized carbons (Fsp3) is 0.562. The molecule has 0 saturated carbocycles. The minimum Gasteiger partial charge on any atom is -0.388 e. The van der Waals surface area contributed by atoms with Crippen molar-refractivity contribution in [3.63, 3.8) is 0 Å². The van der Waals surface area contributed by atoms with Crippen LogP contribution in [0.15, 0.2) is 18.2 Å². The van der Waals surface area contributed by atoms with Gasteiger partial charge in [0.2, 0.25) is 5.91 Å². The minimum absolute atomic E-state index is 0.0893. The molecule has 0 aliphatic carbocycles. The fourth-order valence-electron chi connectivity index (χ4n) is 2.72. The second-order valence-corrected chi connectivity index (χ2v) is 5.53. The number of aryl methyl sites for hydroxylation is 1. The van der Waals surface area contributed by atoms with Crippen molar-refractivity contribution >= 4 is 11.6 Å². The van der Waals surface area contributed by atoms with E-state index in [4.69, 9.17) is 0 Å². The van der Waals surface area contributed by atoms with Gasteiger partial charge in [0, 0.05) is 12.1 Å². The van der Waals surface area contributed by atoms with E-state index in [9.17, 15) is 9.90 Å². The molecule has 0 spiro atoms. The first-order valence-electron chi connectivity index (χ1n) is 7.22. The Labute approximate surface area is 115 Å². The van der Waals surface area contributed by atoms with Crippen LogP contribution in [0.5, 0.6) is 0 Å². The molecule has 104 valence electrons. The molecule has 1 aromatic rings. The minimum atomic E-state index is -0.413. The van der Waals surface area contributed by atoms with Gasteiger partial charge in [-0.15, -0.1) is 0 Å². The molecule has 2 unspecified atom stereocenters. The van der Waals surface area contributed by atoms with Crippen LogP contribution >= 0.6 is 0 Å². The predicted octanol–water partition coefficient (Wildman–Crippen LogP) is 3.43. The molecule has 2 rings (SSSR count). The van der Waals surface area contributed by atoms with Gasteiger partial charge in [-0.2, -0.15) is 0 Å². The van der Waals surface area contributed by atoms with Crippen LogP contribution in [-0.4, -0.2) is 11.0 Å². The van der Waals surface area contributed by atoms with Gasteiger partial charge in [-0.3, -0.25) is 4.79 Å². The lowest BCUT2D eigenvalue weighted by Crippen LogP contribution is -2.11. The van der Waals surface area contributed by atoms with Crippen molar-refractivity contribution in [2.24, 2.45) is 5.92 Å². The molecule has 2 N–H and O–H groups in total. The van der Waals surface area contributed by atoms with Crippen LogP contribution in [0.2, 0.25) is 0 Å². The van der Waals surface area contributed by atoms with Gasteiger partial charge in [0.05, 0.1) is 6.10 Å². The summed E-state index contributed by atoms with van der Waals surface area (Å²) in [6.07, 6.45) is 4.05. The van der Waals surface area contributed by atoms with Gasteiger partial charge in [-0.05, 0) is 42.4 Å². The third-order valence-electron chi connectivity index (χ3n) is 3.88. The highest BCUT2D eigenvalue weighted by molar-refractivity contribution is 5.92. The lowest BCUT2D eigenvalue weighted by Gasteiger charge is -2.20. The zero-order chi connectivity index (χ0) is 13.8. The highest BCUT2D eigenvalue weighted by atomic mass is 16.3. The molecule has 1 aliphatic rings. The Morgan fingerprint density at radius 2 is 2.16 bits per heavy atom. The molecule has 1 amide bonds. The average molecular weight is 261 g/mol. The first-order chi connectivity index (χ1) is 9.11.